The zero-order chi connectivity index (χ0) is 33.7. The highest BCUT2D eigenvalue weighted by Crippen LogP contribution is 2.43. The first kappa shape index (κ1) is 31.9. The number of halogens is 3. The minimum absolute atomic E-state index is 0.0694. The van der Waals surface area contributed by atoms with Crippen LogP contribution in [-0.2, 0) is 10.0 Å². The Morgan fingerprint density at radius 2 is 1.74 bits per heavy atom. The molecule has 1 aliphatic rings. The molecule has 0 saturated heterocycles. The molecule has 3 heterocycles. The molecule has 2 aromatic heterocycles. The SMILES string of the molecule is CNC(=O)c1c(-c2ccc(F)cc2)oc2cc(N(CCC(C)(C)F)S(C)(=O)=O)c(-c3cc(F)cc(-c4nc5c(o4)C=CCN5)c3)cc12. The van der Waals surface area contributed by atoms with Gasteiger partial charge in [-0.3, -0.25) is 9.10 Å². The van der Waals surface area contributed by atoms with Crippen LogP contribution in [0.25, 0.3) is 51.0 Å². The Hall–Kier alpha value is -5.04. The first-order valence-electron chi connectivity index (χ1n) is 14.7. The van der Waals surface area contributed by atoms with Crippen molar-refractivity contribution in [2.75, 3.05) is 36.0 Å². The van der Waals surface area contributed by atoms with Crippen molar-refractivity contribution < 1.29 is 35.2 Å². The topological polar surface area (TPSA) is 118 Å². The second-order valence-corrected chi connectivity index (χ2v) is 13.7. The summed E-state index contributed by atoms with van der Waals surface area (Å²) >= 11 is 0. The molecule has 0 radical (unpaired) electrons. The van der Waals surface area contributed by atoms with Gasteiger partial charge in [-0.2, -0.15) is 4.98 Å². The normalized spacial score (nSPS) is 13.0. The fourth-order valence-electron chi connectivity index (χ4n) is 5.44. The summed E-state index contributed by atoms with van der Waals surface area (Å²) in [7, 11) is -2.59. The summed E-state index contributed by atoms with van der Waals surface area (Å²) in [5.74, 6) is -0.464. The third kappa shape index (κ3) is 6.48. The van der Waals surface area contributed by atoms with Crippen molar-refractivity contribution >= 4 is 44.5 Å². The van der Waals surface area contributed by atoms with Gasteiger partial charge in [0.05, 0.1) is 17.5 Å². The second kappa shape index (κ2) is 12.0. The van der Waals surface area contributed by atoms with E-state index >= 15 is 4.39 Å². The molecule has 9 nitrogen and oxygen atoms in total. The van der Waals surface area contributed by atoms with Gasteiger partial charge in [0, 0.05) is 48.3 Å². The Morgan fingerprint density at radius 3 is 2.40 bits per heavy atom. The van der Waals surface area contributed by atoms with E-state index in [1.54, 1.807) is 12.1 Å². The molecule has 13 heteroatoms. The summed E-state index contributed by atoms with van der Waals surface area (Å²) in [5, 5.41) is 5.96. The van der Waals surface area contributed by atoms with Gasteiger partial charge in [-0.25, -0.2) is 21.6 Å². The lowest BCUT2D eigenvalue weighted by Crippen LogP contribution is -2.34. The van der Waals surface area contributed by atoms with Crippen LogP contribution in [0.2, 0.25) is 0 Å². The fourth-order valence-corrected chi connectivity index (χ4v) is 6.37. The Labute approximate surface area is 269 Å². The van der Waals surface area contributed by atoms with Gasteiger partial charge >= 0.3 is 0 Å². The van der Waals surface area contributed by atoms with Crippen molar-refractivity contribution in [3.05, 3.63) is 83.6 Å². The molecule has 0 bridgehead atoms. The zero-order valence-electron chi connectivity index (χ0n) is 25.9. The quantitative estimate of drug-likeness (QED) is 0.169. The maximum Gasteiger partial charge on any atom is 0.255 e. The van der Waals surface area contributed by atoms with E-state index in [9.17, 15) is 22.0 Å². The number of furan rings is 1. The number of alkyl halides is 1. The lowest BCUT2D eigenvalue weighted by molar-refractivity contribution is 0.0964. The summed E-state index contributed by atoms with van der Waals surface area (Å²) < 4.78 is 83.5. The molecule has 0 fully saturated rings. The Morgan fingerprint density at radius 1 is 1.02 bits per heavy atom. The molecular weight excluding hydrogens is 633 g/mol. The summed E-state index contributed by atoms with van der Waals surface area (Å²) in [4.78, 5) is 17.7. The van der Waals surface area contributed by atoms with Crippen LogP contribution in [0.4, 0.5) is 24.7 Å². The molecule has 0 atom stereocenters. The van der Waals surface area contributed by atoms with Crippen LogP contribution >= 0.6 is 0 Å². The molecule has 6 rings (SSSR count). The van der Waals surface area contributed by atoms with Gasteiger partial charge < -0.3 is 19.5 Å². The molecule has 2 N–H and O–H groups in total. The van der Waals surface area contributed by atoms with Gasteiger partial charge in [-0.05, 0) is 80.4 Å². The number of rotatable bonds is 9. The fraction of sp³-hybridized carbons (Fsp3) is 0.235. The third-order valence-electron chi connectivity index (χ3n) is 7.71. The highest BCUT2D eigenvalue weighted by Gasteiger charge is 2.29. The summed E-state index contributed by atoms with van der Waals surface area (Å²) in [6.07, 6.45) is 4.44. The molecule has 47 heavy (non-hydrogen) atoms. The Kier molecular flexibility index (Phi) is 8.12. The van der Waals surface area contributed by atoms with Gasteiger partial charge in [0.1, 0.15) is 28.6 Å². The van der Waals surface area contributed by atoms with Crippen molar-refractivity contribution in [1.29, 1.82) is 0 Å². The number of sulfonamides is 1. The van der Waals surface area contributed by atoms with Gasteiger partial charge in [-0.1, -0.05) is 6.08 Å². The molecule has 5 aromatic rings. The van der Waals surface area contributed by atoms with E-state index in [0.717, 1.165) is 10.6 Å². The predicted molar refractivity (Wildman–Crippen MR) is 175 cm³/mol. The number of amides is 1. The van der Waals surface area contributed by atoms with Gasteiger partial charge in [-0.15, -0.1) is 0 Å². The van der Waals surface area contributed by atoms with Crippen molar-refractivity contribution in [3.63, 3.8) is 0 Å². The number of hydrogen-bond acceptors (Lipinski definition) is 7. The smallest absolute Gasteiger partial charge is 0.255 e. The number of carbonyl (C=O) groups excluding carboxylic acids is 1. The first-order chi connectivity index (χ1) is 22.2. The molecule has 0 aliphatic carbocycles. The average Bonchev–Trinajstić information content (AvgIpc) is 3.61. The lowest BCUT2D eigenvalue weighted by Gasteiger charge is -2.27. The molecule has 0 spiro atoms. The number of aromatic nitrogens is 1. The first-order valence-corrected chi connectivity index (χ1v) is 16.5. The number of benzene rings is 3. The molecule has 0 unspecified atom stereocenters. The monoisotopic (exact) mass is 664 g/mol. The average molecular weight is 665 g/mol. The number of anilines is 2. The minimum Gasteiger partial charge on any atom is -0.455 e. The van der Waals surface area contributed by atoms with Crippen LogP contribution in [0.15, 0.2) is 69.5 Å². The standard InChI is InChI=1S/C34H31F3N4O5S/c1-34(2,37)11-13-41(47(4,43)44)26-18-28-25(29(32(42)38-3)30(45-28)19-7-9-22(35)10-8-19)17-24(26)20-14-21(16-23(36)15-20)33-40-31-27(46-33)6-5-12-39-31/h5-10,14-18,39H,11-13H2,1-4H3,(H,38,42). The van der Waals surface area contributed by atoms with E-state index in [-0.39, 0.29) is 63.5 Å². The Balaban J connectivity index is 1.63. The number of hydrogen-bond donors (Lipinski definition) is 2. The van der Waals surface area contributed by atoms with Crippen molar-refractivity contribution in [2.45, 2.75) is 25.9 Å². The summed E-state index contributed by atoms with van der Waals surface area (Å²) in [6, 6.07) is 12.4. The van der Waals surface area contributed by atoms with Crippen LogP contribution in [-0.4, -0.2) is 51.4 Å². The highest BCUT2D eigenvalue weighted by molar-refractivity contribution is 7.92. The zero-order valence-corrected chi connectivity index (χ0v) is 26.8. The number of carbonyl (C=O) groups is 1. The molecular formula is C34H31F3N4O5S. The third-order valence-corrected chi connectivity index (χ3v) is 8.89. The Bertz CT molecular complexity index is 2150. The number of nitrogens with one attached hydrogen (secondary N) is 2. The molecule has 1 amide bonds. The van der Waals surface area contributed by atoms with E-state index in [4.69, 9.17) is 8.83 Å². The van der Waals surface area contributed by atoms with Crippen molar-refractivity contribution in [2.24, 2.45) is 0 Å². The van der Waals surface area contributed by atoms with Crippen molar-refractivity contribution in [3.8, 4) is 33.9 Å². The maximum absolute atomic E-state index is 15.4. The predicted octanol–water partition coefficient (Wildman–Crippen LogP) is 7.40. The van der Waals surface area contributed by atoms with Gasteiger partial charge in [0.25, 0.3) is 5.91 Å². The van der Waals surface area contributed by atoms with E-state index < -0.39 is 33.2 Å². The summed E-state index contributed by atoms with van der Waals surface area (Å²) in [6.45, 7) is 2.98. The van der Waals surface area contributed by atoms with Gasteiger partial charge in [0.15, 0.2) is 11.6 Å². The van der Waals surface area contributed by atoms with Crippen LogP contribution in [0.3, 0.4) is 0 Å². The van der Waals surface area contributed by atoms with Crippen LogP contribution in [0, 0.1) is 11.6 Å². The van der Waals surface area contributed by atoms with Crippen molar-refractivity contribution in [1.82, 2.24) is 10.3 Å². The van der Waals surface area contributed by atoms with Crippen LogP contribution < -0.4 is 14.9 Å². The van der Waals surface area contributed by atoms with E-state index in [0.29, 0.717) is 23.7 Å². The molecule has 3 aromatic carbocycles. The maximum atomic E-state index is 15.4. The van der Waals surface area contributed by atoms with Crippen LogP contribution in [0.1, 0.15) is 36.4 Å². The molecule has 244 valence electrons. The molecule has 1 aliphatic heterocycles. The number of fused-ring (bicyclic) bond motifs is 2. The van der Waals surface area contributed by atoms with Gasteiger partial charge in [0.2, 0.25) is 15.9 Å². The lowest BCUT2D eigenvalue weighted by atomic mass is 9.96. The molecule has 0 saturated carbocycles. The minimum atomic E-state index is -4.03. The number of oxazole rings is 1. The second-order valence-electron chi connectivity index (χ2n) is 11.8. The van der Waals surface area contributed by atoms with E-state index in [2.05, 4.69) is 15.6 Å². The highest BCUT2D eigenvalue weighted by atomic mass is 32.2. The summed E-state index contributed by atoms with van der Waals surface area (Å²) in [5.41, 5.74) is -0.289. The van der Waals surface area contributed by atoms with Crippen LogP contribution in [0.5, 0.6) is 0 Å². The van der Waals surface area contributed by atoms with E-state index in [1.165, 1.54) is 69.4 Å². The van der Waals surface area contributed by atoms with E-state index in [1.807, 2.05) is 6.08 Å². The largest absolute Gasteiger partial charge is 0.455 e. The number of nitrogens with zero attached hydrogens (tertiary/aromatic N) is 2.